The number of allylic oxidation sites excluding steroid dienone is 8. The second-order valence-corrected chi connectivity index (χ2v) is 13.2. The van der Waals surface area contributed by atoms with E-state index in [0.717, 1.165) is 64.2 Å². The van der Waals surface area contributed by atoms with Gasteiger partial charge in [0, 0.05) is 19.4 Å². The van der Waals surface area contributed by atoms with Gasteiger partial charge in [-0.3, -0.25) is 18.6 Å². The molecule has 0 spiro atoms. The summed E-state index contributed by atoms with van der Waals surface area (Å²) >= 11 is 0. The molecule has 10 heteroatoms. The van der Waals surface area contributed by atoms with Gasteiger partial charge in [-0.1, -0.05) is 127 Å². The monoisotopic (exact) mass is 683 g/mol. The van der Waals surface area contributed by atoms with Gasteiger partial charge in [-0.15, -0.1) is 0 Å². The Morgan fingerprint density at radius 2 is 1.17 bits per heavy atom. The molecular weight excluding hydrogens is 617 g/mol. The molecule has 2 unspecified atom stereocenters. The third-order valence-corrected chi connectivity index (χ3v) is 8.21. The minimum Gasteiger partial charge on any atom is -0.462 e. The van der Waals surface area contributed by atoms with E-state index < -0.39 is 32.5 Å². The molecule has 272 valence electrons. The fourth-order valence-corrected chi connectivity index (χ4v) is 5.33. The van der Waals surface area contributed by atoms with E-state index in [1.54, 1.807) is 0 Å². The van der Waals surface area contributed by atoms with Crippen molar-refractivity contribution in [2.45, 2.75) is 148 Å². The highest BCUT2D eigenvalue weighted by Crippen LogP contribution is 2.43. The molecule has 0 rings (SSSR count). The molecule has 0 aliphatic heterocycles. The minimum atomic E-state index is -4.36. The molecule has 0 fully saturated rings. The number of rotatable bonds is 33. The topological polar surface area (TPSA) is 134 Å². The predicted octanol–water partition coefficient (Wildman–Crippen LogP) is 9.60. The normalized spacial score (nSPS) is 14.0. The van der Waals surface area contributed by atoms with Crippen LogP contribution < -0.4 is 5.73 Å². The maximum atomic E-state index is 12.4. The Hall–Kier alpha value is -2.03. The third-order valence-electron chi connectivity index (χ3n) is 7.23. The molecule has 9 nitrogen and oxygen atoms in total. The number of carbonyl (C=O) groups is 2. The number of hydrogen-bond donors (Lipinski definition) is 2. The zero-order valence-electron chi connectivity index (χ0n) is 29.5. The molecule has 0 aromatic heterocycles. The van der Waals surface area contributed by atoms with Gasteiger partial charge in [-0.2, -0.15) is 0 Å². The summed E-state index contributed by atoms with van der Waals surface area (Å²) in [4.78, 5) is 34.1. The van der Waals surface area contributed by atoms with Crippen LogP contribution in [0.25, 0.3) is 0 Å². The van der Waals surface area contributed by atoms with Gasteiger partial charge in [0.1, 0.15) is 6.61 Å². The molecule has 2 atom stereocenters. The van der Waals surface area contributed by atoms with Crippen molar-refractivity contribution in [3.05, 3.63) is 48.6 Å². The Labute approximate surface area is 286 Å². The number of unbranched alkanes of at least 4 members (excludes halogenated alkanes) is 12. The Morgan fingerprint density at radius 3 is 1.74 bits per heavy atom. The molecule has 0 saturated carbocycles. The second kappa shape index (κ2) is 33.9. The molecule has 0 bridgehead atoms. The molecule has 0 amide bonds. The van der Waals surface area contributed by atoms with Gasteiger partial charge in [0.05, 0.1) is 13.2 Å². The molecule has 0 radical (unpaired) electrons. The zero-order valence-corrected chi connectivity index (χ0v) is 30.4. The van der Waals surface area contributed by atoms with E-state index in [0.29, 0.717) is 12.8 Å². The van der Waals surface area contributed by atoms with Crippen molar-refractivity contribution in [2.24, 2.45) is 5.73 Å². The van der Waals surface area contributed by atoms with Gasteiger partial charge >= 0.3 is 19.8 Å². The molecule has 3 N–H and O–H groups in total. The number of carbonyl (C=O) groups excluding carboxylic acids is 2. The quantitative estimate of drug-likeness (QED) is 0.0300. The fourth-order valence-electron chi connectivity index (χ4n) is 4.56. The van der Waals surface area contributed by atoms with E-state index in [-0.39, 0.29) is 32.6 Å². The smallest absolute Gasteiger partial charge is 0.462 e. The van der Waals surface area contributed by atoms with Crippen LogP contribution in [-0.2, 0) is 32.7 Å². The van der Waals surface area contributed by atoms with Gasteiger partial charge in [0.25, 0.3) is 0 Å². The molecule has 0 aromatic carbocycles. The largest absolute Gasteiger partial charge is 0.472 e. The zero-order chi connectivity index (χ0) is 34.7. The first-order chi connectivity index (χ1) is 22.8. The molecule has 0 aliphatic carbocycles. The molecule has 47 heavy (non-hydrogen) atoms. The van der Waals surface area contributed by atoms with Crippen LogP contribution in [0.15, 0.2) is 48.6 Å². The summed E-state index contributed by atoms with van der Waals surface area (Å²) in [5.41, 5.74) is 5.29. The average molecular weight is 684 g/mol. The second-order valence-electron chi connectivity index (χ2n) is 11.7. The van der Waals surface area contributed by atoms with Gasteiger partial charge in [-0.05, 0) is 51.4 Å². The standard InChI is InChI=1S/C37H66NO8P/c1-3-5-7-8-9-10-11-12-13-14-15-16-17-18-19-20-21-22-23-24-25-26-28-30-37(40)46-35(33-43-36(39)29-27-6-4-2)34-45-47(41,42)44-32-31-38/h5,7,9-10,12-13,15-16,35H,3-4,6,8,11,14,17-34,38H2,1-2H3,(H,41,42)/b7-5-,10-9-,13-12-,16-15-. The lowest BCUT2D eigenvalue weighted by Gasteiger charge is -2.19. The van der Waals surface area contributed by atoms with E-state index in [1.165, 1.54) is 38.5 Å². The van der Waals surface area contributed by atoms with Crippen molar-refractivity contribution < 1.29 is 37.6 Å². The van der Waals surface area contributed by atoms with Crippen LogP contribution >= 0.6 is 7.82 Å². The van der Waals surface area contributed by atoms with Gasteiger partial charge in [0.2, 0.25) is 0 Å². The Balaban J connectivity index is 3.95. The van der Waals surface area contributed by atoms with E-state index in [9.17, 15) is 19.0 Å². The first-order valence-electron chi connectivity index (χ1n) is 18.1. The van der Waals surface area contributed by atoms with Crippen LogP contribution in [0.1, 0.15) is 142 Å². The number of ether oxygens (including phenoxy) is 2. The minimum absolute atomic E-state index is 0.0510. The number of nitrogens with two attached hydrogens (primary N) is 1. The van der Waals surface area contributed by atoms with Crippen LogP contribution in [0.5, 0.6) is 0 Å². The van der Waals surface area contributed by atoms with Gasteiger partial charge in [0.15, 0.2) is 6.10 Å². The highest BCUT2D eigenvalue weighted by atomic mass is 31.2. The number of phosphoric ester groups is 1. The lowest BCUT2D eigenvalue weighted by molar-refractivity contribution is -0.161. The summed E-state index contributed by atoms with van der Waals surface area (Å²) in [6.45, 7) is 3.40. The summed E-state index contributed by atoms with van der Waals surface area (Å²) in [6, 6.07) is 0. The summed E-state index contributed by atoms with van der Waals surface area (Å²) in [5.74, 6) is -0.866. The summed E-state index contributed by atoms with van der Waals surface area (Å²) in [5, 5.41) is 0. The van der Waals surface area contributed by atoms with Crippen molar-refractivity contribution in [3.8, 4) is 0 Å². The lowest BCUT2D eigenvalue weighted by Crippen LogP contribution is -2.29. The van der Waals surface area contributed by atoms with Crippen LogP contribution in [0.3, 0.4) is 0 Å². The van der Waals surface area contributed by atoms with Crippen molar-refractivity contribution in [1.82, 2.24) is 0 Å². The fraction of sp³-hybridized carbons (Fsp3) is 0.730. The van der Waals surface area contributed by atoms with E-state index in [2.05, 4.69) is 55.5 Å². The molecule has 0 heterocycles. The van der Waals surface area contributed by atoms with E-state index in [4.69, 9.17) is 24.3 Å². The number of esters is 2. The molecule has 0 aliphatic rings. The van der Waals surface area contributed by atoms with Crippen molar-refractivity contribution in [2.75, 3.05) is 26.4 Å². The van der Waals surface area contributed by atoms with Crippen molar-refractivity contribution in [1.29, 1.82) is 0 Å². The number of hydrogen-bond acceptors (Lipinski definition) is 8. The van der Waals surface area contributed by atoms with E-state index in [1.807, 2.05) is 6.92 Å². The lowest BCUT2D eigenvalue weighted by atomic mass is 10.0. The van der Waals surface area contributed by atoms with Crippen LogP contribution in [0.2, 0.25) is 0 Å². The predicted molar refractivity (Wildman–Crippen MR) is 192 cm³/mol. The van der Waals surface area contributed by atoms with Crippen LogP contribution in [0.4, 0.5) is 0 Å². The maximum absolute atomic E-state index is 12.4. The number of phosphoric acid groups is 1. The summed E-state index contributed by atoms with van der Waals surface area (Å²) in [7, 11) is -4.36. The Kier molecular flexibility index (Phi) is 32.4. The first kappa shape index (κ1) is 45.0. The molecule has 0 aromatic rings. The first-order valence-corrected chi connectivity index (χ1v) is 19.6. The Bertz CT molecular complexity index is 918. The molecule has 0 saturated heterocycles. The highest BCUT2D eigenvalue weighted by molar-refractivity contribution is 7.47. The van der Waals surface area contributed by atoms with Gasteiger partial charge < -0.3 is 20.1 Å². The van der Waals surface area contributed by atoms with Crippen LogP contribution in [0, 0.1) is 0 Å². The summed E-state index contributed by atoms with van der Waals surface area (Å²) in [6.07, 6.45) is 36.6. The highest BCUT2D eigenvalue weighted by Gasteiger charge is 2.25. The van der Waals surface area contributed by atoms with Gasteiger partial charge in [-0.25, -0.2) is 4.57 Å². The molecular formula is C37H66NO8P. The van der Waals surface area contributed by atoms with E-state index >= 15 is 0 Å². The summed E-state index contributed by atoms with van der Waals surface area (Å²) < 4.78 is 32.2. The van der Waals surface area contributed by atoms with Crippen LogP contribution in [-0.4, -0.2) is 49.3 Å². The van der Waals surface area contributed by atoms with Crippen molar-refractivity contribution in [3.63, 3.8) is 0 Å². The Morgan fingerprint density at radius 1 is 0.660 bits per heavy atom. The van der Waals surface area contributed by atoms with Crippen molar-refractivity contribution >= 4 is 19.8 Å². The SMILES string of the molecule is CC/C=C\C/C=C\C/C=C\C/C=C\CCCCCCCCCCCCC(=O)OC(COC(=O)CCCCC)COP(=O)(O)OCCN. The maximum Gasteiger partial charge on any atom is 0.472 e. The average Bonchev–Trinajstić information content (AvgIpc) is 3.05. The third kappa shape index (κ3) is 33.7.